The minimum Gasteiger partial charge on any atom is -0.354 e. The molecule has 120 valence electrons. The fourth-order valence-corrected chi connectivity index (χ4v) is 3.42. The molecule has 0 atom stereocenters. The maximum absolute atomic E-state index is 6.06. The zero-order chi connectivity index (χ0) is 16.8. The van der Waals surface area contributed by atoms with Gasteiger partial charge >= 0.3 is 0 Å². The van der Waals surface area contributed by atoms with Crippen molar-refractivity contribution >= 4 is 33.5 Å². The summed E-state index contributed by atoms with van der Waals surface area (Å²) in [6.07, 6.45) is 0. The van der Waals surface area contributed by atoms with E-state index in [-0.39, 0.29) is 0 Å². The van der Waals surface area contributed by atoms with E-state index >= 15 is 0 Å². The first-order chi connectivity index (χ1) is 12.3. The number of nitrogens with one attached hydrogen (secondary N) is 2. The van der Waals surface area contributed by atoms with Gasteiger partial charge in [0.05, 0.1) is 22.3 Å². The highest BCUT2D eigenvalue weighted by molar-refractivity contribution is 6.30. The summed E-state index contributed by atoms with van der Waals surface area (Å²) in [6, 6.07) is 24.2. The van der Waals surface area contributed by atoms with E-state index in [2.05, 4.69) is 22.1 Å². The van der Waals surface area contributed by atoms with Crippen LogP contribution < -0.4 is 0 Å². The molecule has 2 heterocycles. The van der Waals surface area contributed by atoms with Gasteiger partial charge in [0.1, 0.15) is 5.82 Å². The van der Waals surface area contributed by atoms with Gasteiger partial charge in [0, 0.05) is 15.9 Å². The number of aromatic amines is 2. The van der Waals surface area contributed by atoms with Gasteiger partial charge in [-0.1, -0.05) is 54.1 Å². The van der Waals surface area contributed by atoms with E-state index in [1.807, 2.05) is 60.7 Å². The summed E-state index contributed by atoms with van der Waals surface area (Å²) < 4.78 is 0. The number of fused-ring (bicyclic) bond motifs is 2. The SMILES string of the molecule is Clc1ccc(-c2[nH]c3ccccc3c2-c2nc3ccccc3[nH]2)cc1. The van der Waals surface area contributed by atoms with Crippen molar-refractivity contribution in [3.63, 3.8) is 0 Å². The molecule has 0 unspecified atom stereocenters. The van der Waals surface area contributed by atoms with Crippen LogP contribution in [-0.2, 0) is 0 Å². The predicted molar refractivity (Wildman–Crippen MR) is 104 cm³/mol. The molecule has 3 aromatic carbocycles. The second-order valence-corrected chi connectivity index (χ2v) is 6.47. The zero-order valence-corrected chi connectivity index (χ0v) is 14.0. The number of imidazole rings is 1. The second kappa shape index (κ2) is 5.50. The van der Waals surface area contributed by atoms with Crippen LogP contribution in [0.2, 0.25) is 5.02 Å². The van der Waals surface area contributed by atoms with Gasteiger partial charge < -0.3 is 9.97 Å². The molecule has 0 aliphatic rings. The van der Waals surface area contributed by atoms with E-state index in [0.717, 1.165) is 49.6 Å². The molecule has 2 aromatic heterocycles. The minimum atomic E-state index is 0.727. The van der Waals surface area contributed by atoms with Crippen molar-refractivity contribution in [2.75, 3.05) is 0 Å². The van der Waals surface area contributed by atoms with Crippen molar-refractivity contribution in [2.24, 2.45) is 0 Å². The van der Waals surface area contributed by atoms with Crippen molar-refractivity contribution in [1.29, 1.82) is 0 Å². The molecule has 0 aliphatic carbocycles. The molecular weight excluding hydrogens is 330 g/mol. The molecule has 0 aliphatic heterocycles. The maximum Gasteiger partial charge on any atom is 0.141 e. The Bertz CT molecular complexity index is 1170. The lowest BCUT2D eigenvalue weighted by molar-refractivity contribution is 1.34. The van der Waals surface area contributed by atoms with Crippen molar-refractivity contribution in [1.82, 2.24) is 15.0 Å². The minimum absolute atomic E-state index is 0.727. The lowest BCUT2D eigenvalue weighted by Crippen LogP contribution is -1.84. The average Bonchev–Trinajstić information content (AvgIpc) is 3.23. The Morgan fingerprint density at radius 3 is 2.24 bits per heavy atom. The number of aromatic nitrogens is 3. The molecule has 4 heteroatoms. The summed E-state index contributed by atoms with van der Waals surface area (Å²) in [7, 11) is 0. The fourth-order valence-electron chi connectivity index (χ4n) is 3.29. The van der Waals surface area contributed by atoms with Crippen LogP contribution in [0.4, 0.5) is 0 Å². The molecule has 0 saturated heterocycles. The molecule has 0 bridgehead atoms. The van der Waals surface area contributed by atoms with Crippen LogP contribution in [0.1, 0.15) is 0 Å². The lowest BCUT2D eigenvalue weighted by atomic mass is 10.0. The lowest BCUT2D eigenvalue weighted by Gasteiger charge is -2.03. The van der Waals surface area contributed by atoms with Crippen LogP contribution in [0.25, 0.3) is 44.6 Å². The summed E-state index contributed by atoms with van der Waals surface area (Å²) >= 11 is 6.06. The van der Waals surface area contributed by atoms with Crippen LogP contribution in [0.5, 0.6) is 0 Å². The van der Waals surface area contributed by atoms with E-state index in [1.165, 1.54) is 0 Å². The van der Waals surface area contributed by atoms with Crippen LogP contribution in [-0.4, -0.2) is 15.0 Å². The van der Waals surface area contributed by atoms with Crippen LogP contribution >= 0.6 is 11.6 Å². The molecule has 0 amide bonds. The molecule has 25 heavy (non-hydrogen) atoms. The summed E-state index contributed by atoms with van der Waals surface area (Å²) in [6.45, 7) is 0. The second-order valence-electron chi connectivity index (χ2n) is 6.03. The number of benzene rings is 3. The molecule has 2 N–H and O–H groups in total. The standard InChI is InChI=1S/C21H14ClN3/c22-14-11-9-13(10-12-14)20-19(15-5-1-2-6-16(15)23-20)21-24-17-7-3-4-8-18(17)25-21/h1-12,23H,(H,24,25). The number of rotatable bonds is 2. The third kappa shape index (κ3) is 2.32. The Morgan fingerprint density at radius 1 is 0.720 bits per heavy atom. The largest absolute Gasteiger partial charge is 0.354 e. The van der Waals surface area contributed by atoms with E-state index in [9.17, 15) is 0 Å². The first-order valence-corrected chi connectivity index (χ1v) is 8.49. The summed E-state index contributed by atoms with van der Waals surface area (Å²) in [5.74, 6) is 0.864. The van der Waals surface area contributed by atoms with Crippen molar-refractivity contribution < 1.29 is 0 Å². The van der Waals surface area contributed by atoms with Crippen molar-refractivity contribution in [2.45, 2.75) is 0 Å². The highest BCUT2D eigenvalue weighted by atomic mass is 35.5. The number of nitrogens with zero attached hydrogens (tertiary/aromatic N) is 1. The molecule has 0 radical (unpaired) electrons. The molecule has 5 rings (SSSR count). The van der Waals surface area contributed by atoms with Crippen LogP contribution in [0, 0.1) is 0 Å². The number of para-hydroxylation sites is 3. The Labute approximate surface area is 149 Å². The van der Waals surface area contributed by atoms with E-state index in [0.29, 0.717) is 0 Å². The quantitative estimate of drug-likeness (QED) is 0.403. The first kappa shape index (κ1) is 14.3. The van der Waals surface area contributed by atoms with E-state index in [4.69, 9.17) is 16.6 Å². The smallest absolute Gasteiger partial charge is 0.141 e. The first-order valence-electron chi connectivity index (χ1n) is 8.11. The average molecular weight is 344 g/mol. The summed E-state index contributed by atoms with van der Waals surface area (Å²) in [5.41, 5.74) is 6.28. The van der Waals surface area contributed by atoms with Gasteiger partial charge in [-0.3, -0.25) is 0 Å². The van der Waals surface area contributed by atoms with Gasteiger partial charge in [0.25, 0.3) is 0 Å². The Balaban J connectivity index is 1.83. The predicted octanol–water partition coefficient (Wildman–Crippen LogP) is 6.03. The molecule has 5 aromatic rings. The van der Waals surface area contributed by atoms with Gasteiger partial charge in [0.15, 0.2) is 0 Å². The number of hydrogen-bond donors (Lipinski definition) is 2. The Hall–Kier alpha value is -3.04. The van der Waals surface area contributed by atoms with Gasteiger partial charge in [-0.2, -0.15) is 0 Å². The van der Waals surface area contributed by atoms with Crippen molar-refractivity contribution in [3.8, 4) is 22.6 Å². The van der Waals surface area contributed by atoms with Gasteiger partial charge in [-0.25, -0.2) is 4.98 Å². The van der Waals surface area contributed by atoms with Gasteiger partial charge in [0.2, 0.25) is 0 Å². The van der Waals surface area contributed by atoms with Crippen LogP contribution in [0.15, 0.2) is 72.8 Å². The Morgan fingerprint density at radius 2 is 1.44 bits per heavy atom. The Kier molecular flexibility index (Phi) is 3.15. The topological polar surface area (TPSA) is 44.5 Å². The molecular formula is C21H14ClN3. The van der Waals surface area contributed by atoms with Crippen molar-refractivity contribution in [3.05, 3.63) is 77.8 Å². The molecule has 3 nitrogen and oxygen atoms in total. The van der Waals surface area contributed by atoms with Crippen LogP contribution in [0.3, 0.4) is 0 Å². The number of halogens is 1. The maximum atomic E-state index is 6.06. The van der Waals surface area contributed by atoms with E-state index in [1.54, 1.807) is 0 Å². The number of H-pyrrole nitrogens is 2. The highest BCUT2D eigenvalue weighted by Crippen LogP contribution is 2.37. The number of hydrogen-bond acceptors (Lipinski definition) is 1. The molecule has 0 fully saturated rings. The fraction of sp³-hybridized carbons (Fsp3) is 0. The van der Waals surface area contributed by atoms with Gasteiger partial charge in [-0.05, 0) is 35.9 Å². The summed E-state index contributed by atoms with van der Waals surface area (Å²) in [4.78, 5) is 11.8. The zero-order valence-electron chi connectivity index (χ0n) is 13.3. The monoisotopic (exact) mass is 343 g/mol. The third-order valence-corrected chi connectivity index (χ3v) is 4.72. The molecule has 0 saturated carbocycles. The normalized spacial score (nSPS) is 11.4. The third-order valence-electron chi connectivity index (χ3n) is 4.47. The van der Waals surface area contributed by atoms with Gasteiger partial charge in [-0.15, -0.1) is 0 Å². The molecule has 0 spiro atoms. The highest BCUT2D eigenvalue weighted by Gasteiger charge is 2.17. The summed E-state index contributed by atoms with van der Waals surface area (Å²) in [5, 5.41) is 1.87. The van der Waals surface area contributed by atoms with E-state index < -0.39 is 0 Å².